The number of aromatic amines is 1. The predicted octanol–water partition coefficient (Wildman–Crippen LogP) is 5.61. The average Bonchev–Trinajstić information content (AvgIpc) is 3.53. The van der Waals surface area contributed by atoms with Gasteiger partial charge in [0.1, 0.15) is 0 Å². The van der Waals surface area contributed by atoms with Gasteiger partial charge in [0, 0.05) is 64.5 Å². The number of aryl methyl sites for hydroxylation is 2. The van der Waals surface area contributed by atoms with E-state index in [-0.39, 0.29) is 5.91 Å². The number of nitrogens with zero attached hydrogens (tertiary/aromatic N) is 4. The summed E-state index contributed by atoms with van der Waals surface area (Å²) in [6.07, 6.45) is 6.87. The fourth-order valence-corrected chi connectivity index (χ4v) is 4.42. The molecule has 4 heterocycles. The highest BCUT2D eigenvalue weighted by atomic mass is 19.1. The number of aromatic nitrogens is 5. The molecule has 6 rings (SSSR count). The minimum absolute atomic E-state index is 0.231. The van der Waals surface area contributed by atoms with E-state index in [1.807, 2.05) is 55.1 Å². The van der Waals surface area contributed by atoms with Crippen molar-refractivity contribution < 1.29 is 9.18 Å². The molecule has 6 aromatic rings. The van der Waals surface area contributed by atoms with E-state index < -0.39 is 5.95 Å². The van der Waals surface area contributed by atoms with Crippen LogP contribution in [0.4, 0.5) is 10.1 Å². The molecule has 0 aliphatic heterocycles. The maximum absolute atomic E-state index is 13.3. The number of hydrogen-bond acceptors (Lipinski definition) is 4. The lowest BCUT2D eigenvalue weighted by molar-refractivity contribution is 0.102. The van der Waals surface area contributed by atoms with Crippen molar-refractivity contribution in [2.45, 2.75) is 6.92 Å². The maximum atomic E-state index is 13.3. The summed E-state index contributed by atoms with van der Waals surface area (Å²) < 4.78 is 15.2. The first-order chi connectivity index (χ1) is 18.5. The van der Waals surface area contributed by atoms with E-state index in [0.29, 0.717) is 16.9 Å². The number of fused-ring (bicyclic) bond motifs is 2. The Bertz CT molecular complexity index is 1910. The molecule has 2 N–H and O–H groups in total. The van der Waals surface area contributed by atoms with Crippen molar-refractivity contribution in [3.8, 4) is 23.0 Å². The van der Waals surface area contributed by atoms with Gasteiger partial charge >= 0.3 is 0 Å². The molecule has 0 spiro atoms. The van der Waals surface area contributed by atoms with Crippen molar-refractivity contribution in [1.82, 2.24) is 24.7 Å². The van der Waals surface area contributed by atoms with Crippen LogP contribution in [0.2, 0.25) is 0 Å². The molecule has 8 heteroatoms. The summed E-state index contributed by atoms with van der Waals surface area (Å²) in [7, 11) is 1.93. The number of benzene rings is 2. The molecule has 38 heavy (non-hydrogen) atoms. The normalized spacial score (nSPS) is 10.9. The molecule has 1 amide bonds. The number of rotatable bonds is 3. The molecule has 0 aliphatic rings. The molecule has 0 bridgehead atoms. The summed E-state index contributed by atoms with van der Waals surface area (Å²) in [5.41, 5.74) is 7.09. The quantitative estimate of drug-likeness (QED) is 0.244. The number of nitrogens with one attached hydrogen (secondary N) is 2. The number of hydrogen-bond donors (Lipinski definition) is 2. The first kappa shape index (κ1) is 23.1. The molecule has 2 aromatic carbocycles. The summed E-state index contributed by atoms with van der Waals surface area (Å²) >= 11 is 0. The lowest BCUT2D eigenvalue weighted by atomic mass is 10.0. The zero-order valence-corrected chi connectivity index (χ0v) is 20.6. The number of halogens is 1. The Labute approximate surface area is 217 Å². The van der Waals surface area contributed by atoms with Gasteiger partial charge in [0.2, 0.25) is 5.95 Å². The summed E-state index contributed by atoms with van der Waals surface area (Å²) in [5.74, 6) is 5.63. The summed E-state index contributed by atoms with van der Waals surface area (Å²) in [6, 6.07) is 16.1. The third-order valence-electron chi connectivity index (χ3n) is 6.47. The Kier molecular flexibility index (Phi) is 5.66. The molecule has 7 nitrogen and oxygen atoms in total. The Morgan fingerprint density at radius 1 is 0.974 bits per heavy atom. The average molecular weight is 501 g/mol. The Balaban J connectivity index is 1.27. The Hall–Kier alpha value is -5.29. The van der Waals surface area contributed by atoms with E-state index in [9.17, 15) is 9.18 Å². The lowest BCUT2D eigenvalue weighted by Crippen LogP contribution is -2.12. The van der Waals surface area contributed by atoms with E-state index in [1.165, 1.54) is 12.3 Å². The van der Waals surface area contributed by atoms with Crippen LogP contribution in [0.25, 0.3) is 33.1 Å². The van der Waals surface area contributed by atoms with Gasteiger partial charge in [0.05, 0.1) is 17.1 Å². The zero-order valence-electron chi connectivity index (χ0n) is 20.6. The fourth-order valence-electron chi connectivity index (χ4n) is 4.42. The Morgan fingerprint density at radius 3 is 2.68 bits per heavy atom. The van der Waals surface area contributed by atoms with Crippen LogP contribution in [0.1, 0.15) is 27.0 Å². The number of H-pyrrole nitrogens is 1. The van der Waals surface area contributed by atoms with E-state index in [2.05, 4.69) is 37.3 Å². The highest BCUT2D eigenvalue weighted by Crippen LogP contribution is 2.31. The molecule has 0 atom stereocenters. The molecule has 0 radical (unpaired) electrons. The second-order valence-corrected chi connectivity index (χ2v) is 8.98. The molecule has 0 unspecified atom stereocenters. The van der Waals surface area contributed by atoms with Gasteiger partial charge in [-0.15, -0.1) is 0 Å². The summed E-state index contributed by atoms with van der Waals surface area (Å²) in [4.78, 5) is 21.1. The van der Waals surface area contributed by atoms with E-state index in [0.717, 1.165) is 44.1 Å². The largest absolute Gasteiger partial charge is 0.350 e. The van der Waals surface area contributed by atoms with Crippen LogP contribution in [-0.4, -0.2) is 30.6 Å². The topological polar surface area (TPSA) is 88.5 Å². The number of carbonyl (C=O) groups is 1. The van der Waals surface area contributed by atoms with Crippen LogP contribution in [0, 0.1) is 24.7 Å². The highest BCUT2D eigenvalue weighted by Gasteiger charge is 2.13. The first-order valence-corrected chi connectivity index (χ1v) is 11.9. The van der Waals surface area contributed by atoms with Crippen LogP contribution in [0.15, 0.2) is 79.4 Å². The van der Waals surface area contributed by atoms with Gasteiger partial charge in [-0.2, -0.15) is 9.49 Å². The second-order valence-electron chi connectivity index (χ2n) is 8.98. The van der Waals surface area contributed by atoms with E-state index in [1.54, 1.807) is 30.6 Å². The second kappa shape index (κ2) is 9.30. The molecule has 0 fully saturated rings. The molecule has 0 saturated heterocycles. The minimum Gasteiger partial charge on any atom is -0.350 e. The van der Waals surface area contributed by atoms with Crippen LogP contribution in [0.5, 0.6) is 0 Å². The van der Waals surface area contributed by atoms with Crippen molar-refractivity contribution in [2.75, 3.05) is 5.32 Å². The zero-order chi connectivity index (χ0) is 26.2. The third kappa shape index (κ3) is 4.27. The highest BCUT2D eigenvalue weighted by molar-refractivity contribution is 6.06. The SMILES string of the molecule is Cc1ccc(C(=O)Nc2ccc3c(-c4ccc(F)nc4)cn(C)c3c2)cc1C#Cc1ccnc2[nH]ncc12. The van der Waals surface area contributed by atoms with Gasteiger partial charge in [-0.05, 0) is 55.0 Å². The molecule has 0 saturated carbocycles. The minimum atomic E-state index is -0.517. The first-order valence-electron chi connectivity index (χ1n) is 11.9. The molecular formula is C30H21FN6O. The molecule has 4 aromatic heterocycles. The van der Waals surface area contributed by atoms with Crippen LogP contribution in [-0.2, 0) is 7.05 Å². The molecule has 0 aliphatic carbocycles. The predicted molar refractivity (Wildman–Crippen MR) is 145 cm³/mol. The van der Waals surface area contributed by atoms with Crippen LogP contribution in [0.3, 0.4) is 0 Å². The summed E-state index contributed by atoms with van der Waals surface area (Å²) in [5, 5.41) is 11.7. The van der Waals surface area contributed by atoms with Gasteiger partial charge in [0.15, 0.2) is 5.65 Å². The standard InChI is InChI=1S/C30H21FN6O/c1-18-3-4-21(13-20(18)6-5-19-11-12-32-29-25(19)16-34-36-29)30(38)35-23-8-9-24-26(17-37(2)27(24)14-23)22-7-10-28(31)33-15-22/h3-4,7-17H,1-2H3,(H,35,38)(H,32,34,36). The lowest BCUT2D eigenvalue weighted by Gasteiger charge is -2.08. The number of anilines is 1. The monoisotopic (exact) mass is 500 g/mol. The van der Waals surface area contributed by atoms with Gasteiger partial charge in [-0.1, -0.05) is 24.0 Å². The van der Waals surface area contributed by atoms with Gasteiger partial charge in [-0.25, -0.2) is 9.97 Å². The van der Waals surface area contributed by atoms with Gasteiger partial charge in [0.25, 0.3) is 5.91 Å². The van der Waals surface area contributed by atoms with Gasteiger partial charge < -0.3 is 9.88 Å². The third-order valence-corrected chi connectivity index (χ3v) is 6.47. The van der Waals surface area contributed by atoms with Crippen molar-refractivity contribution >= 4 is 33.5 Å². The van der Waals surface area contributed by atoms with E-state index >= 15 is 0 Å². The van der Waals surface area contributed by atoms with Crippen molar-refractivity contribution in [3.63, 3.8) is 0 Å². The number of pyridine rings is 2. The van der Waals surface area contributed by atoms with Crippen molar-refractivity contribution in [3.05, 3.63) is 108 Å². The number of carbonyl (C=O) groups excluding carboxylic acids is 1. The molecule has 184 valence electrons. The van der Waals surface area contributed by atoms with E-state index in [4.69, 9.17) is 0 Å². The fraction of sp³-hybridized carbons (Fsp3) is 0.0667. The smallest absolute Gasteiger partial charge is 0.255 e. The summed E-state index contributed by atoms with van der Waals surface area (Å²) in [6.45, 7) is 1.96. The maximum Gasteiger partial charge on any atom is 0.255 e. The van der Waals surface area contributed by atoms with Crippen molar-refractivity contribution in [2.24, 2.45) is 7.05 Å². The van der Waals surface area contributed by atoms with Crippen molar-refractivity contribution in [1.29, 1.82) is 0 Å². The molecular weight excluding hydrogens is 479 g/mol. The van der Waals surface area contributed by atoms with Crippen LogP contribution < -0.4 is 5.32 Å². The Morgan fingerprint density at radius 2 is 1.84 bits per heavy atom. The number of amides is 1. The van der Waals surface area contributed by atoms with Crippen LogP contribution >= 0.6 is 0 Å². The van der Waals surface area contributed by atoms with Gasteiger partial charge in [-0.3, -0.25) is 9.89 Å².